The standard InChI is InChI=1S/C14H21NOS/c1-4-13(11-17-3)15(2)10-14(16)12-8-6-5-7-9-12/h5-9,13H,4,10-11H2,1-3H3. The Balaban J connectivity index is 2.56. The number of benzene rings is 1. The van der Waals surface area contributed by atoms with E-state index in [1.165, 1.54) is 0 Å². The highest BCUT2D eigenvalue weighted by molar-refractivity contribution is 7.98. The van der Waals surface area contributed by atoms with E-state index in [2.05, 4.69) is 18.1 Å². The minimum absolute atomic E-state index is 0.202. The number of Topliss-reactive ketones (excluding diaryl/α,β-unsaturated/α-hetero) is 1. The van der Waals surface area contributed by atoms with Crippen LogP contribution in [0, 0.1) is 0 Å². The van der Waals surface area contributed by atoms with Gasteiger partial charge in [-0.1, -0.05) is 37.3 Å². The molecule has 0 aliphatic carbocycles. The summed E-state index contributed by atoms with van der Waals surface area (Å²) in [5.41, 5.74) is 0.804. The van der Waals surface area contributed by atoms with Gasteiger partial charge in [0.2, 0.25) is 0 Å². The van der Waals surface area contributed by atoms with E-state index in [4.69, 9.17) is 0 Å². The smallest absolute Gasteiger partial charge is 0.176 e. The van der Waals surface area contributed by atoms with Crippen LogP contribution in [0.25, 0.3) is 0 Å². The van der Waals surface area contributed by atoms with E-state index in [0.29, 0.717) is 12.6 Å². The van der Waals surface area contributed by atoms with Crippen LogP contribution in [-0.4, -0.2) is 42.3 Å². The van der Waals surface area contributed by atoms with Crippen molar-refractivity contribution < 1.29 is 4.79 Å². The molecule has 1 unspecified atom stereocenters. The molecule has 0 amide bonds. The Kier molecular flexibility index (Phi) is 6.30. The Morgan fingerprint density at radius 3 is 2.53 bits per heavy atom. The fourth-order valence-electron chi connectivity index (χ4n) is 1.82. The van der Waals surface area contributed by atoms with Crippen LogP contribution in [0.15, 0.2) is 30.3 Å². The largest absolute Gasteiger partial charge is 0.295 e. The third-order valence-corrected chi connectivity index (χ3v) is 3.66. The van der Waals surface area contributed by atoms with Crippen LogP contribution in [0.3, 0.4) is 0 Å². The topological polar surface area (TPSA) is 20.3 Å². The zero-order valence-corrected chi connectivity index (χ0v) is 11.7. The zero-order valence-electron chi connectivity index (χ0n) is 10.8. The van der Waals surface area contributed by atoms with E-state index in [1.54, 1.807) is 0 Å². The van der Waals surface area contributed by atoms with Crippen LogP contribution in [0.2, 0.25) is 0 Å². The molecule has 0 fully saturated rings. The van der Waals surface area contributed by atoms with E-state index >= 15 is 0 Å². The van der Waals surface area contributed by atoms with Crippen molar-refractivity contribution in [1.82, 2.24) is 4.90 Å². The average molecular weight is 251 g/mol. The number of nitrogens with zero attached hydrogens (tertiary/aromatic N) is 1. The summed E-state index contributed by atoms with van der Waals surface area (Å²) in [4.78, 5) is 14.2. The van der Waals surface area contributed by atoms with E-state index in [0.717, 1.165) is 17.7 Å². The predicted molar refractivity (Wildman–Crippen MR) is 75.9 cm³/mol. The number of hydrogen-bond acceptors (Lipinski definition) is 3. The van der Waals surface area contributed by atoms with E-state index < -0.39 is 0 Å². The van der Waals surface area contributed by atoms with Gasteiger partial charge in [-0.3, -0.25) is 9.69 Å². The molecule has 0 aromatic heterocycles. The van der Waals surface area contributed by atoms with Gasteiger partial charge in [-0.2, -0.15) is 11.8 Å². The van der Waals surface area contributed by atoms with Gasteiger partial charge in [0.1, 0.15) is 0 Å². The molecular weight excluding hydrogens is 230 g/mol. The molecule has 0 saturated carbocycles. The molecule has 94 valence electrons. The Morgan fingerprint density at radius 2 is 2.00 bits per heavy atom. The number of carbonyl (C=O) groups is 1. The number of carbonyl (C=O) groups excluding carboxylic acids is 1. The summed E-state index contributed by atoms with van der Waals surface area (Å²) in [6.07, 6.45) is 3.19. The SMILES string of the molecule is CCC(CSC)N(C)CC(=O)c1ccccc1. The maximum Gasteiger partial charge on any atom is 0.176 e. The van der Waals surface area contributed by atoms with Gasteiger partial charge in [-0.05, 0) is 19.7 Å². The van der Waals surface area contributed by atoms with Gasteiger partial charge < -0.3 is 0 Å². The molecule has 0 bridgehead atoms. The van der Waals surface area contributed by atoms with Crippen molar-refractivity contribution in [2.45, 2.75) is 19.4 Å². The van der Waals surface area contributed by atoms with E-state index in [1.807, 2.05) is 49.1 Å². The number of thioether (sulfide) groups is 1. The minimum Gasteiger partial charge on any atom is -0.295 e. The minimum atomic E-state index is 0.202. The molecule has 3 heteroatoms. The summed E-state index contributed by atoms with van der Waals surface area (Å²) in [7, 11) is 2.03. The van der Waals surface area contributed by atoms with Gasteiger partial charge in [-0.25, -0.2) is 0 Å². The van der Waals surface area contributed by atoms with Gasteiger partial charge in [0.05, 0.1) is 6.54 Å². The Bertz CT molecular complexity index is 339. The fraction of sp³-hybridized carbons (Fsp3) is 0.500. The first-order valence-corrected chi connectivity index (χ1v) is 7.35. The second-order valence-electron chi connectivity index (χ2n) is 4.22. The lowest BCUT2D eigenvalue weighted by molar-refractivity contribution is 0.0925. The highest BCUT2D eigenvalue weighted by Crippen LogP contribution is 2.09. The summed E-state index contributed by atoms with van der Waals surface area (Å²) in [6, 6.07) is 10.00. The van der Waals surface area contributed by atoms with Crippen LogP contribution in [0.5, 0.6) is 0 Å². The molecule has 0 N–H and O–H groups in total. The van der Waals surface area contributed by atoms with Crippen molar-refractivity contribution in [3.8, 4) is 0 Å². The van der Waals surface area contributed by atoms with Crippen LogP contribution < -0.4 is 0 Å². The van der Waals surface area contributed by atoms with Crippen molar-refractivity contribution >= 4 is 17.5 Å². The Morgan fingerprint density at radius 1 is 1.35 bits per heavy atom. The van der Waals surface area contributed by atoms with Gasteiger partial charge in [-0.15, -0.1) is 0 Å². The zero-order chi connectivity index (χ0) is 12.7. The molecule has 0 aliphatic rings. The van der Waals surface area contributed by atoms with Crippen molar-refractivity contribution in [2.75, 3.05) is 25.6 Å². The summed E-state index contributed by atoms with van der Waals surface area (Å²) in [5, 5.41) is 0. The second kappa shape index (κ2) is 7.51. The van der Waals surface area contributed by atoms with Gasteiger partial charge in [0, 0.05) is 17.4 Å². The molecular formula is C14H21NOS. The molecule has 1 aromatic carbocycles. The molecule has 1 aromatic rings. The van der Waals surface area contributed by atoms with Crippen molar-refractivity contribution in [1.29, 1.82) is 0 Å². The summed E-state index contributed by atoms with van der Waals surface area (Å²) < 4.78 is 0. The molecule has 0 radical (unpaired) electrons. The number of ketones is 1. The molecule has 1 rings (SSSR count). The van der Waals surface area contributed by atoms with Crippen LogP contribution >= 0.6 is 11.8 Å². The van der Waals surface area contributed by atoms with Crippen molar-refractivity contribution in [2.24, 2.45) is 0 Å². The lowest BCUT2D eigenvalue weighted by Crippen LogP contribution is -2.37. The Labute approximate surface area is 108 Å². The third-order valence-electron chi connectivity index (χ3n) is 2.94. The van der Waals surface area contributed by atoms with Gasteiger partial charge >= 0.3 is 0 Å². The predicted octanol–water partition coefficient (Wildman–Crippen LogP) is 2.94. The molecule has 0 saturated heterocycles. The fourth-order valence-corrected chi connectivity index (χ4v) is 2.70. The van der Waals surface area contributed by atoms with Crippen LogP contribution in [-0.2, 0) is 0 Å². The highest BCUT2D eigenvalue weighted by Gasteiger charge is 2.15. The quantitative estimate of drug-likeness (QED) is 0.695. The lowest BCUT2D eigenvalue weighted by atomic mass is 10.1. The third kappa shape index (κ3) is 4.52. The van der Waals surface area contributed by atoms with Crippen LogP contribution in [0.1, 0.15) is 23.7 Å². The molecule has 17 heavy (non-hydrogen) atoms. The lowest BCUT2D eigenvalue weighted by Gasteiger charge is -2.25. The summed E-state index contributed by atoms with van der Waals surface area (Å²) >= 11 is 1.83. The van der Waals surface area contributed by atoms with Gasteiger partial charge in [0.15, 0.2) is 5.78 Å². The second-order valence-corrected chi connectivity index (χ2v) is 5.13. The molecule has 2 nitrogen and oxygen atoms in total. The molecule has 1 atom stereocenters. The maximum absolute atomic E-state index is 12.0. The maximum atomic E-state index is 12.0. The van der Waals surface area contributed by atoms with E-state index in [9.17, 15) is 4.79 Å². The molecule has 0 heterocycles. The highest BCUT2D eigenvalue weighted by atomic mass is 32.2. The summed E-state index contributed by atoms with van der Waals surface area (Å²) in [6.45, 7) is 2.67. The number of hydrogen-bond donors (Lipinski definition) is 0. The molecule has 0 spiro atoms. The Hall–Kier alpha value is -0.800. The monoisotopic (exact) mass is 251 g/mol. The van der Waals surface area contributed by atoms with Crippen molar-refractivity contribution in [3.63, 3.8) is 0 Å². The normalized spacial score (nSPS) is 12.7. The molecule has 0 aliphatic heterocycles. The van der Waals surface area contributed by atoms with Gasteiger partial charge in [0.25, 0.3) is 0 Å². The first kappa shape index (κ1) is 14.3. The van der Waals surface area contributed by atoms with E-state index in [-0.39, 0.29) is 5.78 Å². The van der Waals surface area contributed by atoms with Crippen molar-refractivity contribution in [3.05, 3.63) is 35.9 Å². The summed E-state index contributed by atoms with van der Waals surface area (Å²) in [5.74, 6) is 1.28. The average Bonchev–Trinajstić information content (AvgIpc) is 2.36. The number of likely N-dealkylation sites (N-methyl/N-ethyl adjacent to an activating group) is 1. The first-order chi connectivity index (χ1) is 8.19. The van der Waals surface area contributed by atoms with Crippen LogP contribution in [0.4, 0.5) is 0 Å². The number of rotatable bonds is 7. The first-order valence-electron chi connectivity index (χ1n) is 5.96.